The summed E-state index contributed by atoms with van der Waals surface area (Å²) in [6.45, 7) is 18.3. The van der Waals surface area contributed by atoms with Crippen molar-refractivity contribution in [2.24, 2.45) is 29.4 Å². The third-order valence-corrected chi connectivity index (χ3v) is 14.4. The fourth-order valence-electron chi connectivity index (χ4n) is 9.89. The van der Waals surface area contributed by atoms with E-state index in [2.05, 4.69) is 26.6 Å². The molecule has 0 aliphatic carbocycles. The molecule has 0 radical (unpaired) electrons. The van der Waals surface area contributed by atoms with Crippen molar-refractivity contribution in [3.05, 3.63) is 0 Å². The number of rotatable bonds is 33. The summed E-state index contributed by atoms with van der Waals surface area (Å²) in [6, 6.07) is 0. The molecule has 0 atom stereocenters. The molecule has 4 rings (SSSR count). The quantitative estimate of drug-likeness (QED) is 0.0656. The van der Waals surface area contributed by atoms with Crippen LogP contribution < -0.4 is 5.73 Å². The maximum absolute atomic E-state index is 12.1. The van der Waals surface area contributed by atoms with Crippen molar-refractivity contribution in [1.29, 1.82) is 0 Å². The average Bonchev–Trinajstić information content (AvgIpc) is 3.28. The molecule has 11 nitrogen and oxygen atoms in total. The first-order chi connectivity index (χ1) is 29.9. The van der Waals surface area contributed by atoms with Crippen LogP contribution in [0.2, 0.25) is 0 Å². The predicted octanol–water partition coefficient (Wildman–Crippen LogP) is 7.73. The number of ether oxygens (including phenoxy) is 4. The van der Waals surface area contributed by atoms with Gasteiger partial charge in [0.2, 0.25) is 0 Å². The first kappa shape index (κ1) is 54.3. The Labute approximate surface area is 375 Å². The monoisotopic (exact) mass is 864 g/mol. The highest BCUT2D eigenvalue weighted by Gasteiger charge is 2.23. The summed E-state index contributed by atoms with van der Waals surface area (Å²) in [6.07, 6.45) is 27.8. The number of nitrogens with zero attached hydrogens (tertiary/aromatic N) is 4. The van der Waals surface area contributed by atoms with Crippen LogP contribution in [0.5, 0.6) is 0 Å². The number of carbonyl (C=O) groups excluding carboxylic acids is 2. The molecule has 0 unspecified atom stereocenters. The predicted molar refractivity (Wildman–Crippen MR) is 251 cm³/mol. The van der Waals surface area contributed by atoms with Crippen LogP contribution in [-0.2, 0) is 28.5 Å². The molecule has 2 N–H and O–H groups in total. The zero-order chi connectivity index (χ0) is 43.6. The average molecular weight is 864 g/mol. The van der Waals surface area contributed by atoms with Crippen LogP contribution in [0.3, 0.4) is 0 Å². The van der Waals surface area contributed by atoms with Crippen LogP contribution in [0.25, 0.3) is 0 Å². The van der Waals surface area contributed by atoms with Crippen LogP contribution in [0, 0.1) is 23.7 Å². The summed E-state index contributed by atoms with van der Waals surface area (Å²) in [5.74, 6) is 4.16. The normalized spacial score (nSPS) is 19.9. The molecule has 4 saturated heterocycles. The fourth-order valence-corrected chi connectivity index (χ4v) is 9.89. The highest BCUT2D eigenvalue weighted by molar-refractivity contribution is 5.78. The van der Waals surface area contributed by atoms with Gasteiger partial charge in [0.1, 0.15) is 11.6 Å². The molecule has 61 heavy (non-hydrogen) atoms. The van der Waals surface area contributed by atoms with Gasteiger partial charge in [-0.25, -0.2) is 0 Å². The van der Waals surface area contributed by atoms with E-state index >= 15 is 0 Å². The van der Waals surface area contributed by atoms with Crippen molar-refractivity contribution < 1.29 is 28.5 Å². The number of Topliss-reactive ketones (excluding diaryl/α,β-unsaturated/α-hetero) is 2. The van der Waals surface area contributed by atoms with Gasteiger partial charge in [0, 0.05) is 39.9 Å². The second-order valence-electron chi connectivity index (χ2n) is 19.3. The zero-order valence-corrected chi connectivity index (χ0v) is 40.1. The molecule has 0 spiro atoms. The third kappa shape index (κ3) is 27.8. The van der Waals surface area contributed by atoms with Crippen molar-refractivity contribution in [3.8, 4) is 0 Å². The number of carbonyl (C=O) groups is 2. The fraction of sp³-hybridized carbons (Fsp3) is 0.960. The van der Waals surface area contributed by atoms with Crippen LogP contribution in [0.15, 0.2) is 0 Å². The Morgan fingerprint density at radius 3 is 1.18 bits per heavy atom. The van der Waals surface area contributed by atoms with Gasteiger partial charge in [0.15, 0.2) is 0 Å². The van der Waals surface area contributed by atoms with Crippen molar-refractivity contribution in [1.82, 2.24) is 19.6 Å². The van der Waals surface area contributed by atoms with E-state index in [1.54, 1.807) is 14.2 Å². The molecule has 4 heterocycles. The first-order valence-corrected chi connectivity index (χ1v) is 25.6. The Kier molecular flexibility index (Phi) is 32.3. The van der Waals surface area contributed by atoms with Gasteiger partial charge in [-0.3, -0.25) is 9.59 Å². The van der Waals surface area contributed by atoms with E-state index in [-0.39, 0.29) is 0 Å². The van der Waals surface area contributed by atoms with E-state index < -0.39 is 0 Å². The lowest BCUT2D eigenvalue weighted by Gasteiger charge is -2.34. The summed E-state index contributed by atoms with van der Waals surface area (Å²) in [5.41, 5.74) is 5.63. The molecule has 4 fully saturated rings. The zero-order valence-electron chi connectivity index (χ0n) is 40.1. The molecule has 4 aliphatic heterocycles. The molecule has 0 bridgehead atoms. The van der Waals surface area contributed by atoms with Crippen LogP contribution in [0.4, 0.5) is 0 Å². The Bertz CT molecular complexity index is 1040. The van der Waals surface area contributed by atoms with E-state index in [0.717, 1.165) is 55.9 Å². The molecule has 0 amide bonds. The third-order valence-electron chi connectivity index (χ3n) is 14.4. The SMILES string of the molecule is COCCOCCC(=O)CCC1CCN(C)CC1.COCCOCCC(=O)CCC1CCN(CCCCCN2CCC(CCCC3CCN(CCCCCN)CC3)CC2)CC1. The van der Waals surface area contributed by atoms with Crippen LogP contribution >= 0.6 is 0 Å². The summed E-state index contributed by atoms with van der Waals surface area (Å²) in [4.78, 5) is 34.3. The second-order valence-corrected chi connectivity index (χ2v) is 19.3. The van der Waals surface area contributed by atoms with Gasteiger partial charge in [-0.15, -0.1) is 0 Å². The highest BCUT2D eigenvalue weighted by Crippen LogP contribution is 2.28. The van der Waals surface area contributed by atoms with Crippen molar-refractivity contribution in [3.63, 3.8) is 0 Å². The summed E-state index contributed by atoms with van der Waals surface area (Å²) < 4.78 is 20.6. The molecule has 0 saturated carbocycles. The number of ketones is 2. The minimum Gasteiger partial charge on any atom is -0.382 e. The van der Waals surface area contributed by atoms with Crippen molar-refractivity contribution >= 4 is 11.6 Å². The first-order valence-electron chi connectivity index (χ1n) is 25.6. The molecular formula is C50H97N5O6. The van der Waals surface area contributed by atoms with Gasteiger partial charge < -0.3 is 44.3 Å². The number of hydrogen-bond donors (Lipinski definition) is 1. The topological polar surface area (TPSA) is 110 Å². The summed E-state index contributed by atoms with van der Waals surface area (Å²) >= 11 is 0. The van der Waals surface area contributed by atoms with Crippen molar-refractivity contribution in [2.75, 3.05) is 139 Å². The number of piperidine rings is 4. The van der Waals surface area contributed by atoms with E-state index in [0.29, 0.717) is 64.0 Å². The highest BCUT2D eigenvalue weighted by atomic mass is 16.5. The molecule has 4 aliphatic rings. The molecule has 0 aromatic carbocycles. The molecule has 358 valence electrons. The molecule has 11 heteroatoms. The number of methoxy groups -OCH3 is 2. The minimum atomic E-state index is 0.339. The van der Waals surface area contributed by atoms with E-state index in [9.17, 15) is 9.59 Å². The smallest absolute Gasteiger partial charge is 0.135 e. The van der Waals surface area contributed by atoms with Gasteiger partial charge in [0.25, 0.3) is 0 Å². The number of unbranched alkanes of at least 4 members (excludes halogenated alkanes) is 4. The minimum absolute atomic E-state index is 0.339. The van der Waals surface area contributed by atoms with Crippen LogP contribution in [-0.4, -0.2) is 171 Å². The second kappa shape index (κ2) is 36.2. The van der Waals surface area contributed by atoms with Crippen molar-refractivity contribution in [2.45, 2.75) is 148 Å². The lowest BCUT2D eigenvalue weighted by molar-refractivity contribution is -0.121. The molecule has 0 aromatic rings. The Morgan fingerprint density at radius 2 is 0.803 bits per heavy atom. The lowest BCUT2D eigenvalue weighted by atomic mass is 9.87. The lowest BCUT2D eigenvalue weighted by Crippen LogP contribution is -2.35. The van der Waals surface area contributed by atoms with E-state index in [1.807, 2.05) is 0 Å². The van der Waals surface area contributed by atoms with E-state index in [4.69, 9.17) is 24.7 Å². The van der Waals surface area contributed by atoms with Gasteiger partial charge in [-0.2, -0.15) is 0 Å². The van der Waals surface area contributed by atoms with Crippen LogP contribution in [0.1, 0.15) is 148 Å². The largest absolute Gasteiger partial charge is 0.382 e. The molecule has 0 aromatic heterocycles. The van der Waals surface area contributed by atoms with Gasteiger partial charge in [-0.05, 0) is 199 Å². The summed E-state index contributed by atoms with van der Waals surface area (Å²) in [7, 11) is 5.48. The molecular weight excluding hydrogens is 767 g/mol. The van der Waals surface area contributed by atoms with Gasteiger partial charge in [-0.1, -0.05) is 32.1 Å². The summed E-state index contributed by atoms with van der Waals surface area (Å²) in [5, 5.41) is 0. The Balaban J connectivity index is 0.000000460. The van der Waals surface area contributed by atoms with E-state index in [1.165, 1.54) is 181 Å². The number of nitrogens with two attached hydrogens (primary N) is 1. The van der Waals surface area contributed by atoms with Gasteiger partial charge >= 0.3 is 0 Å². The standard InChI is InChI=1S/C36H70N4O3.C14H27NO3/c1-42-31-32-43-30-19-36(41)12-11-35-17-28-40(29-18-35)23-7-3-6-22-39-26-15-34(16-27-39)10-8-9-33-13-24-38(25-14-33)21-5-2-4-20-37;1-15-8-5-13(6-9-15)3-4-14(16)7-10-18-12-11-17-2/h33-35H,2-32,37H2,1H3;13H,3-12H2,1-2H3. The number of hydrogen-bond acceptors (Lipinski definition) is 11. The maximum atomic E-state index is 12.1. The maximum Gasteiger partial charge on any atom is 0.135 e. The van der Waals surface area contributed by atoms with Gasteiger partial charge in [0.05, 0.1) is 39.6 Å². The Hall–Kier alpha value is -1.02. The number of likely N-dealkylation sites (tertiary alicyclic amines) is 4. The Morgan fingerprint density at radius 1 is 0.443 bits per heavy atom.